The van der Waals surface area contributed by atoms with E-state index in [9.17, 15) is 4.79 Å². The summed E-state index contributed by atoms with van der Waals surface area (Å²) in [7, 11) is 0. The fourth-order valence-electron chi connectivity index (χ4n) is 3.67. The first-order valence-corrected chi connectivity index (χ1v) is 6.96. The van der Waals surface area contributed by atoms with E-state index in [-0.39, 0.29) is 16.9 Å². The molecule has 2 aliphatic rings. The van der Waals surface area contributed by atoms with E-state index in [0.29, 0.717) is 17.8 Å². The van der Waals surface area contributed by atoms with Crippen molar-refractivity contribution in [3.8, 4) is 0 Å². The van der Waals surface area contributed by atoms with Gasteiger partial charge >= 0.3 is 0 Å². The van der Waals surface area contributed by atoms with Crippen molar-refractivity contribution in [1.82, 2.24) is 0 Å². The number of Topliss-reactive ketones (excluding diaryl/α,β-unsaturated/α-hetero) is 1. The molecule has 1 saturated heterocycles. The standard InChI is InChI=1S/C15H26O2/c1-10(2)11-6-8-15(5)9-7-12(16)14(3,4)13(15)17-11/h10-11,13H,6-9H2,1-5H3/t11-,13-,15-/m0/s1. The molecule has 0 N–H and O–H groups in total. The van der Waals surface area contributed by atoms with Gasteiger partial charge in [0.1, 0.15) is 5.78 Å². The summed E-state index contributed by atoms with van der Waals surface area (Å²) in [6, 6.07) is 0. The highest BCUT2D eigenvalue weighted by molar-refractivity contribution is 5.85. The summed E-state index contributed by atoms with van der Waals surface area (Å²) in [5.41, 5.74) is -0.0939. The first-order valence-electron chi connectivity index (χ1n) is 6.96. The SMILES string of the molecule is CC(C)[C@@H]1CC[C@@]2(C)CCC(=O)C(C)(C)[C@@H]2O1. The third kappa shape index (κ3) is 2.05. The number of fused-ring (bicyclic) bond motifs is 1. The highest BCUT2D eigenvalue weighted by Crippen LogP contribution is 2.52. The van der Waals surface area contributed by atoms with Gasteiger partial charge in [-0.15, -0.1) is 0 Å². The van der Waals surface area contributed by atoms with Gasteiger partial charge in [0.25, 0.3) is 0 Å². The van der Waals surface area contributed by atoms with E-state index < -0.39 is 0 Å². The lowest BCUT2D eigenvalue weighted by Crippen LogP contribution is -2.57. The number of carbonyl (C=O) groups excluding carboxylic acids is 1. The highest BCUT2D eigenvalue weighted by Gasteiger charge is 2.54. The molecule has 0 spiro atoms. The molecule has 0 bridgehead atoms. The minimum atomic E-state index is -0.305. The molecule has 98 valence electrons. The van der Waals surface area contributed by atoms with Crippen LogP contribution in [-0.2, 0) is 9.53 Å². The lowest BCUT2D eigenvalue weighted by atomic mass is 9.58. The van der Waals surface area contributed by atoms with Gasteiger partial charge in [-0.1, -0.05) is 34.6 Å². The summed E-state index contributed by atoms with van der Waals surface area (Å²) in [4.78, 5) is 12.1. The smallest absolute Gasteiger partial charge is 0.141 e. The molecule has 2 rings (SSSR count). The monoisotopic (exact) mass is 238 g/mol. The molecule has 1 aliphatic heterocycles. The van der Waals surface area contributed by atoms with Gasteiger partial charge in [-0.2, -0.15) is 0 Å². The molecule has 2 nitrogen and oxygen atoms in total. The van der Waals surface area contributed by atoms with Crippen molar-refractivity contribution >= 4 is 5.78 Å². The van der Waals surface area contributed by atoms with E-state index in [1.165, 1.54) is 6.42 Å². The average molecular weight is 238 g/mol. The first kappa shape index (κ1) is 13.1. The van der Waals surface area contributed by atoms with Crippen LogP contribution in [0.5, 0.6) is 0 Å². The summed E-state index contributed by atoms with van der Waals surface area (Å²) in [6.45, 7) is 10.9. The van der Waals surface area contributed by atoms with E-state index in [1.807, 2.05) is 0 Å². The van der Waals surface area contributed by atoms with Crippen LogP contribution in [-0.4, -0.2) is 18.0 Å². The van der Waals surface area contributed by atoms with E-state index in [2.05, 4.69) is 34.6 Å². The lowest BCUT2D eigenvalue weighted by Gasteiger charge is -2.54. The van der Waals surface area contributed by atoms with Crippen molar-refractivity contribution in [2.75, 3.05) is 0 Å². The van der Waals surface area contributed by atoms with Crippen molar-refractivity contribution in [3.63, 3.8) is 0 Å². The molecule has 0 aromatic heterocycles. The molecule has 0 radical (unpaired) electrons. The van der Waals surface area contributed by atoms with Crippen molar-refractivity contribution in [2.45, 2.75) is 72.5 Å². The first-order chi connectivity index (χ1) is 7.77. The lowest BCUT2D eigenvalue weighted by molar-refractivity contribution is -0.200. The van der Waals surface area contributed by atoms with E-state index in [0.717, 1.165) is 19.3 Å². The van der Waals surface area contributed by atoms with E-state index in [1.54, 1.807) is 0 Å². The maximum Gasteiger partial charge on any atom is 0.141 e. The number of ketones is 1. The third-order valence-corrected chi connectivity index (χ3v) is 4.98. The summed E-state index contributed by atoms with van der Waals surface area (Å²) in [6.07, 6.45) is 4.53. The van der Waals surface area contributed by atoms with Gasteiger partial charge < -0.3 is 4.74 Å². The Hall–Kier alpha value is -0.370. The molecule has 0 unspecified atom stereocenters. The molecule has 3 atom stereocenters. The predicted molar refractivity (Wildman–Crippen MR) is 68.9 cm³/mol. The van der Waals surface area contributed by atoms with Crippen molar-refractivity contribution < 1.29 is 9.53 Å². The van der Waals surface area contributed by atoms with Crippen LogP contribution in [0.4, 0.5) is 0 Å². The van der Waals surface area contributed by atoms with Crippen LogP contribution >= 0.6 is 0 Å². The van der Waals surface area contributed by atoms with Gasteiger partial charge in [0.05, 0.1) is 17.6 Å². The molecule has 1 aliphatic carbocycles. The minimum absolute atomic E-state index is 0.109. The topological polar surface area (TPSA) is 26.3 Å². The Bertz CT molecular complexity index is 319. The molecule has 0 aromatic rings. The molecular formula is C15H26O2. The van der Waals surface area contributed by atoms with Gasteiger partial charge in [0.15, 0.2) is 0 Å². The zero-order valence-electron chi connectivity index (χ0n) is 11.9. The minimum Gasteiger partial charge on any atom is -0.373 e. The quantitative estimate of drug-likeness (QED) is 0.698. The molecule has 2 heteroatoms. The summed E-state index contributed by atoms with van der Waals surface area (Å²) in [5.74, 6) is 0.928. The number of hydrogen-bond donors (Lipinski definition) is 0. The molecule has 2 fully saturated rings. The van der Waals surface area contributed by atoms with Crippen LogP contribution in [0.3, 0.4) is 0 Å². The van der Waals surface area contributed by atoms with Crippen LogP contribution in [0, 0.1) is 16.7 Å². The van der Waals surface area contributed by atoms with Crippen molar-refractivity contribution in [3.05, 3.63) is 0 Å². The van der Waals surface area contributed by atoms with Crippen LogP contribution < -0.4 is 0 Å². The van der Waals surface area contributed by atoms with E-state index in [4.69, 9.17) is 4.74 Å². The van der Waals surface area contributed by atoms with Gasteiger partial charge in [-0.05, 0) is 30.6 Å². The predicted octanol–water partition coefficient (Wildman–Crippen LogP) is 3.59. The van der Waals surface area contributed by atoms with Crippen LogP contribution in [0.1, 0.15) is 60.3 Å². The number of carbonyl (C=O) groups is 1. The second-order valence-electron chi connectivity index (χ2n) is 7.14. The third-order valence-electron chi connectivity index (χ3n) is 4.98. The van der Waals surface area contributed by atoms with E-state index >= 15 is 0 Å². The Morgan fingerprint density at radius 2 is 1.88 bits per heavy atom. The molecule has 17 heavy (non-hydrogen) atoms. The van der Waals surface area contributed by atoms with Crippen molar-refractivity contribution in [1.29, 1.82) is 0 Å². The Balaban J connectivity index is 2.25. The van der Waals surface area contributed by atoms with Crippen molar-refractivity contribution in [2.24, 2.45) is 16.7 Å². The maximum atomic E-state index is 12.1. The Labute approximate surface area is 105 Å². The highest BCUT2D eigenvalue weighted by atomic mass is 16.5. The van der Waals surface area contributed by atoms with Gasteiger partial charge in [0, 0.05) is 6.42 Å². The number of rotatable bonds is 1. The normalized spacial score (nSPS) is 41.4. The number of hydrogen-bond acceptors (Lipinski definition) is 2. The summed E-state index contributed by atoms with van der Waals surface area (Å²) < 4.78 is 6.32. The van der Waals surface area contributed by atoms with Gasteiger partial charge in [-0.3, -0.25) is 4.79 Å². The Kier molecular flexibility index (Phi) is 3.14. The van der Waals surface area contributed by atoms with Gasteiger partial charge in [-0.25, -0.2) is 0 Å². The molecule has 0 amide bonds. The fourth-order valence-corrected chi connectivity index (χ4v) is 3.67. The largest absolute Gasteiger partial charge is 0.373 e. The fraction of sp³-hybridized carbons (Fsp3) is 0.933. The maximum absolute atomic E-state index is 12.1. The second kappa shape index (κ2) is 4.08. The zero-order chi connectivity index (χ0) is 12.8. The zero-order valence-corrected chi connectivity index (χ0v) is 11.9. The molecule has 0 aromatic carbocycles. The number of ether oxygens (including phenoxy) is 1. The molecular weight excluding hydrogens is 212 g/mol. The summed E-state index contributed by atoms with van der Waals surface area (Å²) in [5, 5.41) is 0. The van der Waals surface area contributed by atoms with Gasteiger partial charge in [0.2, 0.25) is 0 Å². The second-order valence-corrected chi connectivity index (χ2v) is 7.14. The van der Waals surface area contributed by atoms with Crippen LogP contribution in [0.25, 0.3) is 0 Å². The Morgan fingerprint density at radius 3 is 2.47 bits per heavy atom. The molecule has 1 saturated carbocycles. The Morgan fingerprint density at radius 1 is 1.24 bits per heavy atom. The molecule has 1 heterocycles. The summed E-state index contributed by atoms with van der Waals surface area (Å²) >= 11 is 0. The van der Waals surface area contributed by atoms with Crippen LogP contribution in [0.2, 0.25) is 0 Å². The average Bonchev–Trinajstić information content (AvgIpc) is 2.24. The van der Waals surface area contributed by atoms with Crippen LogP contribution in [0.15, 0.2) is 0 Å².